The van der Waals surface area contributed by atoms with Crippen LogP contribution in [0.15, 0.2) is 0 Å². The number of aliphatic carboxylic acids is 1. The van der Waals surface area contributed by atoms with E-state index >= 15 is 0 Å². The molecule has 5 nitrogen and oxygen atoms in total. The molecule has 1 saturated heterocycles. The molecule has 1 aliphatic heterocycles. The van der Waals surface area contributed by atoms with Crippen LogP contribution in [-0.2, 0) is 9.59 Å². The van der Waals surface area contributed by atoms with E-state index in [0.717, 1.165) is 19.3 Å². The molecule has 0 spiro atoms. The topological polar surface area (TPSA) is 69.6 Å². The minimum atomic E-state index is -0.821. The molecule has 2 N–H and O–H groups in total. The highest BCUT2D eigenvalue weighted by molar-refractivity contribution is 5.80. The first kappa shape index (κ1) is 15.0. The van der Waals surface area contributed by atoms with Crippen LogP contribution in [0.25, 0.3) is 0 Å². The van der Waals surface area contributed by atoms with Gasteiger partial charge < -0.3 is 10.4 Å². The van der Waals surface area contributed by atoms with Crippen molar-refractivity contribution in [2.24, 2.45) is 5.92 Å². The molecule has 1 aliphatic rings. The van der Waals surface area contributed by atoms with Gasteiger partial charge in [-0.05, 0) is 38.6 Å². The number of likely N-dealkylation sites (tertiary alicyclic amines) is 1. The maximum absolute atomic E-state index is 11.8. The van der Waals surface area contributed by atoms with Gasteiger partial charge >= 0.3 is 5.97 Å². The average Bonchev–Trinajstić information content (AvgIpc) is 2.28. The number of carbonyl (C=O) groups is 2. The van der Waals surface area contributed by atoms with Crippen LogP contribution in [-0.4, -0.2) is 47.1 Å². The van der Waals surface area contributed by atoms with Gasteiger partial charge in [-0.15, -0.1) is 0 Å². The van der Waals surface area contributed by atoms with Gasteiger partial charge in [-0.25, -0.2) is 0 Å². The Balaban J connectivity index is 2.57. The number of carboxylic acid groups (broad SMARTS) is 1. The van der Waals surface area contributed by atoms with Crippen molar-refractivity contribution in [3.8, 4) is 0 Å². The molecule has 1 heterocycles. The summed E-state index contributed by atoms with van der Waals surface area (Å²) in [5.74, 6) is -0.795. The molecule has 18 heavy (non-hydrogen) atoms. The Labute approximate surface area is 109 Å². The maximum Gasteiger partial charge on any atom is 0.321 e. The lowest BCUT2D eigenvalue weighted by Gasteiger charge is -2.36. The van der Waals surface area contributed by atoms with Gasteiger partial charge in [-0.3, -0.25) is 14.5 Å². The van der Waals surface area contributed by atoms with Gasteiger partial charge in [0.2, 0.25) is 5.91 Å². The SMILES string of the molecule is CCC(C)NC(=O)CN1CCCC(C)C1C(=O)O. The molecule has 104 valence electrons. The molecule has 0 radical (unpaired) electrons. The van der Waals surface area contributed by atoms with Crippen molar-refractivity contribution < 1.29 is 14.7 Å². The highest BCUT2D eigenvalue weighted by atomic mass is 16.4. The van der Waals surface area contributed by atoms with Gasteiger partial charge in [0.1, 0.15) is 6.04 Å². The van der Waals surface area contributed by atoms with Crippen LogP contribution < -0.4 is 5.32 Å². The van der Waals surface area contributed by atoms with Gasteiger partial charge in [0, 0.05) is 6.04 Å². The first-order valence-corrected chi connectivity index (χ1v) is 6.72. The lowest BCUT2D eigenvalue weighted by Crippen LogP contribution is -2.53. The van der Waals surface area contributed by atoms with Crippen LogP contribution in [0.1, 0.15) is 40.0 Å². The maximum atomic E-state index is 11.8. The third-order valence-corrected chi connectivity index (χ3v) is 3.66. The molecule has 0 aromatic rings. The standard InChI is InChI=1S/C13H24N2O3/c1-4-10(3)14-11(16)8-15-7-5-6-9(2)12(15)13(17)18/h9-10,12H,4-8H2,1-3H3,(H,14,16)(H,17,18). The van der Waals surface area contributed by atoms with Crippen molar-refractivity contribution in [3.63, 3.8) is 0 Å². The van der Waals surface area contributed by atoms with Crippen molar-refractivity contribution in [2.45, 2.75) is 52.1 Å². The highest BCUT2D eigenvalue weighted by Gasteiger charge is 2.35. The van der Waals surface area contributed by atoms with E-state index in [4.69, 9.17) is 0 Å². The summed E-state index contributed by atoms with van der Waals surface area (Å²) in [5.41, 5.74) is 0. The molecule has 1 fully saturated rings. The Kier molecular flexibility index (Phi) is 5.59. The number of hydrogen-bond acceptors (Lipinski definition) is 3. The summed E-state index contributed by atoms with van der Waals surface area (Å²) in [5, 5.41) is 12.1. The Morgan fingerprint density at radius 1 is 1.50 bits per heavy atom. The van der Waals surface area contributed by atoms with E-state index in [9.17, 15) is 14.7 Å². The van der Waals surface area contributed by atoms with E-state index in [0.29, 0.717) is 6.54 Å². The van der Waals surface area contributed by atoms with E-state index in [-0.39, 0.29) is 24.4 Å². The molecule has 3 atom stereocenters. The predicted octanol–water partition coefficient (Wildman–Crippen LogP) is 1.09. The predicted molar refractivity (Wildman–Crippen MR) is 69.3 cm³/mol. The first-order valence-electron chi connectivity index (χ1n) is 6.72. The summed E-state index contributed by atoms with van der Waals surface area (Å²) in [6.45, 7) is 6.78. The highest BCUT2D eigenvalue weighted by Crippen LogP contribution is 2.23. The first-order chi connectivity index (χ1) is 8.45. The summed E-state index contributed by atoms with van der Waals surface area (Å²) in [6, 6.07) is -0.385. The van der Waals surface area contributed by atoms with Gasteiger partial charge in [0.15, 0.2) is 0 Å². The minimum Gasteiger partial charge on any atom is -0.480 e. The van der Waals surface area contributed by atoms with Crippen molar-refractivity contribution >= 4 is 11.9 Å². The molecule has 0 aromatic heterocycles. The second-order valence-corrected chi connectivity index (χ2v) is 5.25. The Hall–Kier alpha value is -1.10. The fourth-order valence-electron chi connectivity index (χ4n) is 2.46. The number of nitrogens with zero attached hydrogens (tertiary/aromatic N) is 1. The van der Waals surface area contributed by atoms with E-state index < -0.39 is 12.0 Å². The zero-order valence-corrected chi connectivity index (χ0v) is 11.5. The van der Waals surface area contributed by atoms with E-state index in [1.54, 1.807) is 4.90 Å². The van der Waals surface area contributed by atoms with Crippen LogP contribution in [0, 0.1) is 5.92 Å². The summed E-state index contributed by atoms with van der Waals surface area (Å²) >= 11 is 0. The van der Waals surface area contributed by atoms with Crippen molar-refractivity contribution in [2.75, 3.05) is 13.1 Å². The number of nitrogens with one attached hydrogen (secondary N) is 1. The monoisotopic (exact) mass is 256 g/mol. The largest absolute Gasteiger partial charge is 0.480 e. The Bertz CT molecular complexity index is 307. The number of amides is 1. The van der Waals surface area contributed by atoms with Crippen molar-refractivity contribution in [1.82, 2.24) is 10.2 Å². The molecule has 0 aliphatic carbocycles. The molecular formula is C13H24N2O3. The average molecular weight is 256 g/mol. The number of carboxylic acids is 1. The quantitative estimate of drug-likeness (QED) is 0.772. The smallest absolute Gasteiger partial charge is 0.321 e. The van der Waals surface area contributed by atoms with Crippen LogP contribution >= 0.6 is 0 Å². The number of rotatable bonds is 5. The lowest BCUT2D eigenvalue weighted by atomic mass is 9.91. The molecular weight excluding hydrogens is 232 g/mol. The molecule has 0 saturated carbocycles. The second-order valence-electron chi connectivity index (χ2n) is 5.25. The summed E-state index contributed by atoms with van der Waals surface area (Å²) in [7, 11) is 0. The molecule has 0 bridgehead atoms. The Morgan fingerprint density at radius 3 is 2.72 bits per heavy atom. The number of piperidine rings is 1. The van der Waals surface area contributed by atoms with Gasteiger partial charge in [-0.2, -0.15) is 0 Å². The normalized spacial score (nSPS) is 26.6. The van der Waals surface area contributed by atoms with E-state index in [1.807, 2.05) is 20.8 Å². The van der Waals surface area contributed by atoms with Gasteiger partial charge in [0.05, 0.1) is 6.54 Å². The fraction of sp³-hybridized carbons (Fsp3) is 0.846. The van der Waals surface area contributed by atoms with Crippen LogP contribution in [0.5, 0.6) is 0 Å². The summed E-state index contributed by atoms with van der Waals surface area (Å²) in [6.07, 6.45) is 2.76. The van der Waals surface area contributed by atoms with Gasteiger partial charge in [-0.1, -0.05) is 13.8 Å². The number of hydrogen-bond donors (Lipinski definition) is 2. The summed E-state index contributed by atoms with van der Waals surface area (Å²) in [4.78, 5) is 24.9. The van der Waals surface area contributed by atoms with Crippen LogP contribution in [0.4, 0.5) is 0 Å². The molecule has 5 heteroatoms. The third-order valence-electron chi connectivity index (χ3n) is 3.66. The third kappa shape index (κ3) is 3.98. The van der Waals surface area contributed by atoms with E-state index in [1.165, 1.54) is 0 Å². The fourth-order valence-corrected chi connectivity index (χ4v) is 2.46. The molecule has 1 rings (SSSR count). The molecule has 3 unspecified atom stereocenters. The zero-order chi connectivity index (χ0) is 13.7. The van der Waals surface area contributed by atoms with Crippen molar-refractivity contribution in [3.05, 3.63) is 0 Å². The minimum absolute atomic E-state index is 0.0790. The molecule has 0 aromatic carbocycles. The van der Waals surface area contributed by atoms with Crippen LogP contribution in [0.3, 0.4) is 0 Å². The number of carbonyl (C=O) groups excluding carboxylic acids is 1. The van der Waals surface area contributed by atoms with E-state index in [2.05, 4.69) is 5.32 Å². The summed E-state index contributed by atoms with van der Waals surface area (Å²) < 4.78 is 0. The molecule has 1 amide bonds. The lowest BCUT2D eigenvalue weighted by molar-refractivity contribution is -0.147. The van der Waals surface area contributed by atoms with Crippen molar-refractivity contribution in [1.29, 1.82) is 0 Å². The van der Waals surface area contributed by atoms with Crippen LogP contribution in [0.2, 0.25) is 0 Å². The second kappa shape index (κ2) is 6.73. The van der Waals surface area contributed by atoms with Gasteiger partial charge in [0.25, 0.3) is 0 Å². The Morgan fingerprint density at radius 2 is 2.17 bits per heavy atom. The zero-order valence-electron chi connectivity index (χ0n) is 11.5.